The lowest BCUT2D eigenvalue weighted by molar-refractivity contribution is 0.402. The van der Waals surface area contributed by atoms with Gasteiger partial charge in [-0.25, -0.2) is 4.39 Å². The maximum atomic E-state index is 13.2. The van der Waals surface area contributed by atoms with Crippen LogP contribution in [0.15, 0.2) is 36.5 Å². The van der Waals surface area contributed by atoms with E-state index in [-0.39, 0.29) is 5.82 Å². The molecular formula is C15H17FN2. The van der Waals surface area contributed by atoms with Crippen molar-refractivity contribution < 1.29 is 4.39 Å². The number of hydrogen-bond donors (Lipinski definition) is 0. The molecule has 2 rings (SSSR count). The second kappa shape index (κ2) is 5.27. The van der Waals surface area contributed by atoms with Crippen LogP contribution in [0.25, 0.3) is 11.3 Å². The van der Waals surface area contributed by atoms with Crippen molar-refractivity contribution >= 4 is 0 Å². The molecular weight excluding hydrogens is 227 g/mol. The van der Waals surface area contributed by atoms with Gasteiger partial charge < -0.3 is 4.90 Å². The number of hydrogen-bond acceptors (Lipinski definition) is 2. The van der Waals surface area contributed by atoms with Crippen LogP contribution in [-0.2, 0) is 6.54 Å². The van der Waals surface area contributed by atoms with Gasteiger partial charge in [0.05, 0.1) is 5.69 Å². The summed E-state index contributed by atoms with van der Waals surface area (Å²) < 4.78 is 13.2. The fourth-order valence-corrected chi connectivity index (χ4v) is 1.86. The van der Waals surface area contributed by atoms with Crippen LogP contribution >= 0.6 is 0 Å². The standard InChI is InChI=1S/C15H17FN2/c1-11-8-13(5-6-14(11)16)15-7-4-12(9-17-15)10-18(2)3/h4-9H,10H2,1-3H3. The molecule has 0 spiro atoms. The Morgan fingerprint density at radius 3 is 2.50 bits per heavy atom. The molecule has 0 aliphatic heterocycles. The lowest BCUT2D eigenvalue weighted by Crippen LogP contribution is -2.10. The van der Waals surface area contributed by atoms with Gasteiger partial charge in [-0.05, 0) is 56.4 Å². The molecule has 0 aliphatic carbocycles. The van der Waals surface area contributed by atoms with E-state index in [1.165, 1.54) is 11.6 Å². The number of nitrogens with zero attached hydrogens (tertiary/aromatic N) is 2. The molecule has 0 N–H and O–H groups in total. The third-order valence-corrected chi connectivity index (χ3v) is 2.78. The maximum absolute atomic E-state index is 13.2. The first-order chi connectivity index (χ1) is 8.56. The van der Waals surface area contributed by atoms with Crippen molar-refractivity contribution in [3.05, 3.63) is 53.5 Å². The Bertz CT molecular complexity index is 533. The summed E-state index contributed by atoms with van der Waals surface area (Å²) >= 11 is 0. The van der Waals surface area contributed by atoms with Gasteiger partial charge in [0.15, 0.2) is 0 Å². The summed E-state index contributed by atoms with van der Waals surface area (Å²) in [5.74, 6) is -0.178. The number of aryl methyl sites for hydroxylation is 1. The minimum atomic E-state index is -0.178. The highest BCUT2D eigenvalue weighted by atomic mass is 19.1. The third-order valence-electron chi connectivity index (χ3n) is 2.78. The first kappa shape index (κ1) is 12.7. The maximum Gasteiger partial charge on any atom is 0.126 e. The molecule has 3 heteroatoms. The van der Waals surface area contributed by atoms with Gasteiger partial charge in [0.1, 0.15) is 5.82 Å². The Labute approximate surface area is 107 Å². The molecule has 0 bridgehead atoms. The average Bonchev–Trinajstić information content (AvgIpc) is 2.33. The molecule has 0 unspecified atom stereocenters. The highest BCUT2D eigenvalue weighted by molar-refractivity contribution is 5.60. The second-order valence-corrected chi connectivity index (χ2v) is 4.75. The number of aromatic nitrogens is 1. The SMILES string of the molecule is Cc1cc(-c2ccc(CN(C)C)cn2)ccc1F. The summed E-state index contributed by atoms with van der Waals surface area (Å²) in [5, 5.41) is 0. The van der Waals surface area contributed by atoms with E-state index in [4.69, 9.17) is 0 Å². The summed E-state index contributed by atoms with van der Waals surface area (Å²) in [5.41, 5.74) is 3.64. The van der Waals surface area contributed by atoms with E-state index in [1.807, 2.05) is 32.4 Å². The van der Waals surface area contributed by atoms with Gasteiger partial charge in [0.25, 0.3) is 0 Å². The average molecular weight is 244 g/mol. The van der Waals surface area contributed by atoms with Crippen LogP contribution in [0.5, 0.6) is 0 Å². The summed E-state index contributed by atoms with van der Waals surface area (Å²) in [6.45, 7) is 2.63. The molecule has 0 radical (unpaired) electrons. The molecule has 94 valence electrons. The molecule has 0 atom stereocenters. The monoisotopic (exact) mass is 244 g/mol. The van der Waals surface area contributed by atoms with Crippen molar-refractivity contribution in [2.45, 2.75) is 13.5 Å². The van der Waals surface area contributed by atoms with E-state index in [9.17, 15) is 4.39 Å². The van der Waals surface area contributed by atoms with Gasteiger partial charge in [-0.3, -0.25) is 4.98 Å². The molecule has 2 nitrogen and oxygen atoms in total. The molecule has 0 aliphatic rings. The summed E-state index contributed by atoms with van der Waals surface area (Å²) in [7, 11) is 4.05. The van der Waals surface area contributed by atoms with E-state index >= 15 is 0 Å². The second-order valence-electron chi connectivity index (χ2n) is 4.75. The Kier molecular flexibility index (Phi) is 3.72. The van der Waals surface area contributed by atoms with Gasteiger partial charge in [-0.2, -0.15) is 0 Å². The van der Waals surface area contributed by atoms with Crippen LogP contribution in [0.3, 0.4) is 0 Å². The van der Waals surface area contributed by atoms with Crippen LogP contribution in [0, 0.1) is 12.7 Å². The van der Waals surface area contributed by atoms with Crippen molar-refractivity contribution in [3.63, 3.8) is 0 Å². The highest BCUT2D eigenvalue weighted by Gasteiger charge is 2.03. The minimum absolute atomic E-state index is 0.178. The largest absolute Gasteiger partial charge is 0.305 e. The summed E-state index contributed by atoms with van der Waals surface area (Å²) in [6.07, 6.45) is 1.87. The van der Waals surface area contributed by atoms with Crippen molar-refractivity contribution in [2.24, 2.45) is 0 Å². The molecule has 1 heterocycles. The lowest BCUT2D eigenvalue weighted by Gasteiger charge is -2.09. The topological polar surface area (TPSA) is 16.1 Å². The number of rotatable bonds is 3. The molecule has 1 aromatic carbocycles. The van der Waals surface area contributed by atoms with E-state index in [0.717, 1.165) is 17.8 Å². The lowest BCUT2D eigenvalue weighted by atomic mass is 10.1. The smallest absolute Gasteiger partial charge is 0.126 e. The van der Waals surface area contributed by atoms with Crippen LogP contribution in [0.1, 0.15) is 11.1 Å². The molecule has 0 fully saturated rings. The normalized spacial score (nSPS) is 10.9. The molecule has 2 aromatic rings. The van der Waals surface area contributed by atoms with Crippen molar-refractivity contribution in [1.82, 2.24) is 9.88 Å². The molecule has 0 saturated carbocycles. The van der Waals surface area contributed by atoms with Crippen LogP contribution < -0.4 is 0 Å². The zero-order chi connectivity index (χ0) is 13.1. The predicted molar refractivity (Wildman–Crippen MR) is 71.8 cm³/mol. The zero-order valence-electron chi connectivity index (χ0n) is 10.9. The number of benzene rings is 1. The van der Waals surface area contributed by atoms with E-state index < -0.39 is 0 Å². The Morgan fingerprint density at radius 1 is 1.17 bits per heavy atom. The predicted octanol–water partition coefficient (Wildman–Crippen LogP) is 3.26. The quantitative estimate of drug-likeness (QED) is 0.824. The Morgan fingerprint density at radius 2 is 1.94 bits per heavy atom. The van der Waals surface area contributed by atoms with Gasteiger partial charge in [0.2, 0.25) is 0 Å². The van der Waals surface area contributed by atoms with E-state index in [1.54, 1.807) is 13.0 Å². The van der Waals surface area contributed by atoms with Gasteiger partial charge in [-0.1, -0.05) is 6.07 Å². The first-order valence-corrected chi connectivity index (χ1v) is 5.92. The molecule has 0 amide bonds. The van der Waals surface area contributed by atoms with Gasteiger partial charge in [-0.15, -0.1) is 0 Å². The first-order valence-electron chi connectivity index (χ1n) is 5.92. The Hall–Kier alpha value is -1.74. The van der Waals surface area contributed by atoms with E-state index in [0.29, 0.717) is 5.56 Å². The zero-order valence-corrected chi connectivity index (χ0v) is 10.9. The van der Waals surface area contributed by atoms with Crippen molar-refractivity contribution in [3.8, 4) is 11.3 Å². The summed E-state index contributed by atoms with van der Waals surface area (Å²) in [6, 6.07) is 9.10. The fourth-order valence-electron chi connectivity index (χ4n) is 1.86. The fraction of sp³-hybridized carbons (Fsp3) is 0.267. The van der Waals surface area contributed by atoms with Crippen molar-refractivity contribution in [2.75, 3.05) is 14.1 Å². The van der Waals surface area contributed by atoms with Crippen LogP contribution in [-0.4, -0.2) is 24.0 Å². The molecule has 0 saturated heterocycles. The number of pyridine rings is 1. The minimum Gasteiger partial charge on any atom is -0.305 e. The highest BCUT2D eigenvalue weighted by Crippen LogP contribution is 2.20. The van der Waals surface area contributed by atoms with Gasteiger partial charge >= 0.3 is 0 Å². The summed E-state index contributed by atoms with van der Waals surface area (Å²) in [4.78, 5) is 6.52. The van der Waals surface area contributed by atoms with Gasteiger partial charge in [0, 0.05) is 18.3 Å². The number of halogens is 1. The molecule has 18 heavy (non-hydrogen) atoms. The van der Waals surface area contributed by atoms with E-state index in [2.05, 4.69) is 16.0 Å². The van der Waals surface area contributed by atoms with Crippen LogP contribution in [0.4, 0.5) is 4.39 Å². The van der Waals surface area contributed by atoms with Crippen molar-refractivity contribution in [1.29, 1.82) is 0 Å². The molecule has 1 aromatic heterocycles. The van der Waals surface area contributed by atoms with Crippen LogP contribution in [0.2, 0.25) is 0 Å². The third kappa shape index (κ3) is 2.93. The Balaban J connectivity index is 2.25.